The monoisotopic (exact) mass is 200 g/mol. The molecule has 0 atom stereocenters. The molecule has 1 saturated heterocycles. The fourth-order valence-corrected chi connectivity index (χ4v) is 1.64. The van der Waals surface area contributed by atoms with Crippen molar-refractivity contribution in [2.45, 2.75) is 26.8 Å². The van der Waals surface area contributed by atoms with E-state index in [1.165, 1.54) is 0 Å². The molecule has 0 aromatic carbocycles. The Morgan fingerprint density at radius 3 is 2.29 bits per heavy atom. The molecule has 4 nitrogen and oxygen atoms in total. The Bertz CT molecular complexity index is 187. The Balaban J connectivity index is 2.31. The van der Waals surface area contributed by atoms with E-state index in [1.54, 1.807) is 4.90 Å². The third-order valence-electron chi connectivity index (χ3n) is 2.57. The van der Waals surface area contributed by atoms with Gasteiger partial charge in [0, 0.05) is 32.2 Å². The fourth-order valence-electron chi connectivity index (χ4n) is 1.64. The summed E-state index contributed by atoms with van der Waals surface area (Å²) < 4.78 is 4.95. The molecule has 0 N–H and O–H groups in total. The van der Waals surface area contributed by atoms with Crippen LogP contribution < -0.4 is 0 Å². The number of nitrogens with zero attached hydrogens (tertiary/aromatic N) is 2. The number of carbonyl (C=O) groups is 1. The first-order chi connectivity index (χ1) is 6.65. The molecule has 14 heavy (non-hydrogen) atoms. The third kappa shape index (κ3) is 2.87. The lowest BCUT2D eigenvalue weighted by Crippen LogP contribution is -2.50. The smallest absolute Gasteiger partial charge is 0.409 e. The van der Waals surface area contributed by atoms with Gasteiger partial charge in [0.15, 0.2) is 0 Å². The summed E-state index contributed by atoms with van der Waals surface area (Å²) in [4.78, 5) is 15.5. The van der Waals surface area contributed by atoms with Gasteiger partial charge >= 0.3 is 6.09 Å². The molecule has 0 bridgehead atoms. The Morgan fingerprint density at radius 1 is 1.29 bits per heavy atom. The first-order valence-electron chi connectivity index (χ1n) is 5.31. The Kier molecular flexibility index (Phi) is 4.20. The van der Waals surface area contributed by atoms with Crippen LogP contribution in [0.1, 0.15) is 20.8 Å². The molecule has 1 heterocycles. The van der Waals surface area contributed by atoms with Gasteiger partial charge in [-0.1, -0.05) is 0 Å². The van der Waals surface area contributed by atoms with Crippen LogP contribution in [0.25, 0.3) is 0 Å². The Morgan fingerprint density at radius 2 is 1.86 bits per heavy atom. The number of piperazine rings is 1. The van der Waals surface area contributed by atoms with Crippen LogP contribution in [0.4, 0.5) is 4.79 Å². The lowest BCUT2D eigenvalue weighted by Gasteiger charge is -2.36. The van der Waals surface area contributed by atoms with Crippen LogP contribution in [0.2, 0.25) is 0 Å². The molecule has 0 aromatic heterocycles. The zero-order valence-corrected chi connectivity index (χ0v) is 9.32. The van der Waals surface area contributed by atoms with Crippen molar-refractivity contribution in [1.29, 1.82) is 0 Å². The van der Waals surface area contributed by atoms with Gasteiger partial charge in [0.2, 0.25) is 0 Å². The summed E-state index contributed by atoms with van der Waals surface area (Å²) in [5.41, 5.74) is 0. The molecular formula is C10H20N2O2. The first-order valence-corrected chi connectivity index (χ1v) is 5.31. The second kappa shape index (κ2) is 5.20. The molecule has 0 unspecified atom stereocenters. The fraction of sp³-hybridized carbons (Fsp3) is 0.900. The average molecular weight is 200 g/mol. The molecule has 1 aliphatic heterocycles. The number of amides is 1. The van der Waals surface area contributed by atoms with Gasteiger partial charge in [-0.25, -0.2) is 4.79 Å². The highest BCUT2D eigenvalue weighted by atomic mass is 16.6. The number of ether oxygens (including phenoxy) is 1. The van der Waals surface area contributed by atoms with Gasteiger partial charge in [-0.2, -0.15) is 0 Å². The SMILES string of the molecule is CCOC(=O)N1CCN(C(C)C)CC1. The van der Waals surface area contributed by atoms with Crippen molar-refractivity contribution in [3.05, 3.63) is 0 Å². The van der Waals surface area contributed by atoms with Gasteiger partial charge in [0.1, 0.15) is 0 Å². The maximum absolute atomic E-state index is 11.4. The van der Waals surface area contributed by atoms with Crippen molar-refractivity contribution in [3.63, 3.8) is 0 Å². The van der Waals surface area contributed by atoms with E-state index in [0.717, 1.165) is 26.2 Å². The van der Waals surface area contributed by atoms with Crippen LogP contribution in [0, 0.1) is 0 Å². The van der Waals surface area contributed by atoms with Crippen molar-refractivity contribution in [2.24, 2.45) is 0 Å². The van der Waals surface area contributed by atoms with Crippen molar-refractivity contribution < 1.29 is 9.53 Å². The summed E-state index contributed by atoms with van der Waals surface area (Å²) in [6.07, 6.45) is -0.170. The minimum Gasteiger partial charge on any atom is -0.450 e. The van der Waals surface area contributed by atoms with E-state index in [9.17, 15) is 4.79 Å². The van der Waals surface area contributed by atoms with Crippen LogP contribution in [0.5, 0.6) is 0 Å². The summed E-state index contributed by atoms with van der Waals surface area (Å²) in [7, 11) is 0. The maximum atomic E-state index is 11.4. The summed E-state index contributed by atoms with van der Waals surface area (Å²) in [5.74, 6) is 0. The molecule has 0 aliphatic carbocycles. The van der Waals surface area contributed by atoms with Crippen LogP contribution in [0.3, 0.4) is 0 Å². The lowest BCUT2D eigenvalue weighted by atomic mass is 10.2. The minimum atomic E-state index is -0.170. The van der Waals surface area contributed by atoms with Gasteiger partial charge in [-0.3, -0.25) is 4.90 Å². The van der Waals surface area contributed by atoms with E-state index in [1.807, 2.05) is 6.92 Å². The number of hydrogen-bond donors (Lipinski definition) is 0. The third-order valence-corrected chi connectivity index (χ3v) is 2.57. The molecule has 0 aromatic rings. The molecule has 4 heteroatoms. The highest BCUT2D eigenvalue weighted by Crippen LogP contribution is 2.06. The number of carbonyl (C=O) groups excluding carboxylic acids is 1. The van der Waals surface area contributed by atoms with Crippen molar-refractivity contribution >= 4 is 6.09 Å². The molecule has 0 spiro atoms. The number of rotatable bonds is 2. The van der Waals surface area contributed by atoms with Gasteiger partial charge in [-0.15, -0.1) is 0 Å². The predicted octanol–water partition coefficient (Wildman–Crippen LogP) is 1.17. The summed E-state index contributed by atoms with van der Waals surface area (Å²) in [6.45, 7) is 10.1. The van der Waals surface area contributed by atoms with Crippen LogP contribution in [0.15, 0.2) is 0 Å². The summed E-state index contributed by atoms with van der Waals surface area (Å²) in [6, 6.07) is 0.569. The van der Waals surface area contributed by atoms with Crippen molar-refractivity contribution in [3.8, 4) is 0 Å². The molecule has 0 radical (unpaired) electrons. The topological polar surface area (TPSA) is 32.8 Å². The zero-order chi connectivity index (χ0) is 10.6. The lowest BCUT2D eigenvalue weighted by molar-refractivity contribution is 0.0712. The number of hydrogen-bond acceptors (Lipinski definition) is 3. The maximum Gasteiger partial charge on any atom is 0.409 e. The van der Waals surface area contributed by atoms with E-state index in [2.05, 4.69) is 18.7 Å². The van der Waals surface area contributed by atoms with Crippen molar-refractivity contribution in [2.75, 3.05) is 32.8 Å². The van der Waals surface area contributed by atoms with Crippen LogP contribution in [-0.4, -0.2) is 54.7 Å². The van der Waals surface area contributed by atoms with Crippen LogP contribution in [-0.2, 0) is 4.74 Å². The highest BCUT2D eigenvalue weighted by Gasteiger charge is 2.22. The molecule has 82 valence electrons. The molecule has 0 saturated carbocycles. The van der Waals surface area contributed by atoms with E-state index < -0.39 is 0 Å². The highest BCUT2D eigenvalue weighted by molar-refractivity contribution is 5.67. The molecule has 1 fully saturated rings. The Hall–Kier alpha value is -0.770. The van der Waals surface area contributed by atoms with Gasteiger partial charge in [0.05, 0.1) is 6.61 Å². The van der Waals surface area contributed by atoms with Gasteiger partial charge in [0.25, 0.3) is 0 Å². The molecule has 1 aliphatic rings. The second-order valence-electron chi connectivity index (χ2n) is 3.82. The molecule has 1 amide bonds. The van der Waals surface area contributed by atoms with E-state index in [0.29, 0.717) is 12.6 Å². The standard InChI is InChI=1S/C10H20N2O2/c1-4-14-10(13)12-7-5-11(6-8-12)9(2)3/h9H,4-8H2,1-3H3. The average Bonchev–Trinajstić information content (AvgIpc) is 2.18. The van der Waals surface area contributed by atoms with Crippen molar-refractivity contribution in [1.82, 2.24) is 9.80 Å². The first kappa shape index (κ1) is 11.3. The van der Waals surface area contributed by atoms with Gasteiger partial charge in [-0.05, 0) is 20.8 Å². The second-order valence-corrected chi connectivity index (χ2v) is 3.82. The molecule has 1 rings (SSSR count). The predicted molar refractivity (Wildman–Crippen MR) is 55.3 cm³/mol. The summed E-state index contributed by atoms with van der Waals surface area (Å²) >= 11 is 0. The zero-order valence-electron chi connectivity index (χ0n) is 9.32. The van der Waals surface area contributed by atoms with E-state index >= 15 is 0 Å². The summed E-state index contributed by atoms with van der Waals surface area (Å²) in [5, 5.41) is 0. The largest absolute Gasteiger partial charge is 0.450 e. The normalized spacial score (nSPS) is 18.7. The van der Waals surface area contributed by atoms with E-state index in [-0.39, 0.29) is 6.09 Å². The van der Waals surface area contributed by atoms with Gasteiger partial charge < -0.3 is 9.64 Å². The molecular weight excluding hydrogens is 180 g/mol. The quantitative estimate of drug-likeness (QED) is 0.670. The van der Waals surface area contributed by atoms with Crippen LogP contribution >= 0.6 is 0 Å². The van der Waals surface area contributed by atoms with E-state index in [4.69, 9.17) is 4.74 Å². The Labute approximate surface area is 85.8 Å². The minimum absolute atomic E-state index is 0.170.